The Morgan fingerprint density at radius 2 is 1.92 bits per heavy atom. The van der Waals surface area contributed by atoms with Gasteiger partial charge in [-0.1, -0.05) is 18.9 Å². The number of aliphatic imine (C=N–C) groups is 1. The SMILES string of the molecule is CN=C(NCCc1ccc2c(c1)OCO2)N1CC2CCCCC2C1. The lowest BCUT2D eigenvalue weighted by molar-refractivity contribution is 0.174. The zero-order valence-corrected chi connectivity index (χ0v) is 14.5. The van der Waals surface area contributed by atoms with Crippen molar-refractivity contribution in [3.8, 4) is 11.5 Å². The van der Waals surface area contributed by atoms with E-state index < -0.39 is 0 Å². The summed E-state index contributed by atoms with van der Waals surface area (Å²) in [5.41, 5.74) is 1.26. The summed E-state index contributed by atoms with van der Waals surface area (Å²) in [4.78, 5) is 6.96. The largest absolute Gasteiger partial charge is 0.454 e. The van der Waals surface area contributed by atoms with E-state index in [1.54, 1.807) is 0 Å². The summed E-state index contributed by atoms with van der Waals surface area (Å²) in [7, 11) is 1.89. The lowest BCUT2D eigenvalue weighted by atomic mass is 9.82. The highest BCUT2D eigenvalue weighted by molar-refractivity contribution is 5.80. The molecule has 0 amide bonds. The summed E-state index contributed by atoms with van der Waals surface area (Å²) in [6.07, 6.45) is 6.57. The highest BCUT2D eigenvalue weighted by Crippen LogP contribution is 2.36. The van der Waals surface area contributed by atoms with Gasteiger partial charge in [0.05, 0.1) is 0 Å². The van der Waals surface area contributed by atoms with Crippen molar-refractivity contribution in [3.05, 3.63) is 23.8 Å². The van der Waals surface area contributed by atoms with Crippen LogP contribution in [0.3, 0.4) is 0 Å². The third-order valence-electron chi connectivity index (χ3n) is 5.62. The number of rotatable bonds is 3. The first-order valence-corrected chi connectivity index (χ1v) is 9.17. The maximum atomic E-state index is 5.45. The number of likely N-dealkylation sites (tertiary alicyclic amines) is 1. The van der Waals surface area contributed by atoms with Gasteiger partial charge in [0, 0.05) is 26.7 Å². The van der Waals surface area contributed by atoms with Crippen LogP contribution in [0.1, 0.15) is 31.2 Å². The van der Waals surface area contributed by atoms with Gasteiger partial charge in [0.1, 0.15) is 0 Å². The quantitative estimate of drug-likeness (QED) is 0.684. The number of nitrogens with one attached hydrogen (secondary N) is 1. The van der Waals surface area contributed by atoms with Gasteiger partial charge in [-0.2, -0.15) is 0 Å². The zero-order chi connectivity index (χ0) is 16.4. The summed E-state index contributed by atoms with van der Waals surface area (Å²) in [5.74, 6) is 4.53. The molecule has 2 unspecified atom stereocenters. The molecule has 0 radical (unpaired) electrons. The summed E-state index contributed by atoms with van der Waals surface area (Å²) in [5, 5.41) is 3.54. The van der Waals surface area contributed by atoms with Crippen LogP contribution in [-0.4, -0.2) is 44.3 Å². The average molecular weight is 329 g/mol. The van der Waals surface area contributed by atoms with Gasteiger partial charge in [-0.3, -0.25) is 4.99 Å². The van der Waals surface area contributed by atoms with Gasteiger partial charge in [-0.05, 0) is 48.8 Å². The van der Waals surface area contributed by atoms with Gasteiger partial charge in [0.2, 0.25) is 6.79 Å². The second kappa shape index (κ2) is 6.91. The van der Waals surface area contributed by atoms with Crippen LogP contribution in [0.5, 0.6) is 11.5 Å². The molecule has 0 bridgehead atoms. The highest BCUT2D eigenvalue weighted by Gasteiger charge is 2.35. The van der Waals surface area contributed by atoms with Crippen molar-refractivity contribution in [2.75, 3.05) is 33.5 Å². The molecule has 2 heterocycles. The summed E-state index contributed by atoms with van der Waals surface area (Å²) >= 11 is 0. The van der Waals surface area contributed by atoms with Gasteiger partial charge in [-0.25, -0.2) is 0 Å². The maximum absolute atomic E-state index is 5.45. The van der Waals surface area contributed by atoms with Gasteiger partial charge in [-0.15, -0.1) is 0 Å². The van der Waals surface area contributed by atoms with Crippen molar-refractivity contribution in [3.63, 3.8) is 0 Å². The third kappa shape index (κ3) is 3.17. The molecule has 2 fully saturated rings. The van der Waals surface area contributed by atoms with Crippen molar-refractivity contribution in [2.24, 2.45) is 16.8 Å². The topological polar surface area (TPSA) is 46.1 Å². The van der Waals surface area contributed by atoms with Crippen molar-refractivity contribution >= 4 is 5.96 Å². The van der Waals surface area contributed by atoms with Crippen LogP contribution < -0.4 is 14.8 Å². The first-order valence-electron chi connectivity index (χ1n) is 9.17. The minimum Gasteiger partial charge on any atom is -0.454 e. The van der Waals surface area contributed by atoms with Crippen molar-refractivity contribution in [1.29, 1.82) is 0 Å². The predicted molar refractivity (Wildman–Crippen MR) is 94.7 cm³/mol. The van der Waals surface area contributed by atoms with E-state index in [4.69, 9.17) is 9.47 Å². The molecule has 130 valence electrons. The molecule has 2 atom stereocenters. The van der Waals surface area contributed by atoms with Crippen LogP contribution in [0.25, 0.3) is 0 Å². The first-order chi connectivity index (χ1) is 11.8. The van der Waals surface area contributed by atoms with E-state index in [-0.39, 0.29) is 0 Å². The normalized spacial score (nSPS) is 25.7. The average Bonchev–Trinajstić information content (AvgIpc) is 3.24. The Morgan fingerprint density at radius 1 is 1.17 bits per heavy atom. The Bertz CT molecular complexity index is 603. The van der Waals surface area contributed by atoms with E-state index in [0.717, 1.165) is 42.3 Å². The van der Waals surface area contributed by atoms with Crippen LogP contribution in [-0.2, 0) is 6.42 Å². The molecular formula is C19H27N3O2. The number of hydrogen-bond acceptors (Lipinski definition) is 3. The molecule has 24 heavy (non-hydrogen) atoms. The molecule has 3 aliphatic rings. The van der Waals surface area contributed by atoms with E-state index in [1.807, 2.05) is 13.1 Å². The van der Waals surface area contributed by atoms with Crippen LogP contribution in [0.2, 0.25) is 0 Å². The van der Waals surface area contributed by atoms with Crippen LogP contribution in [0, 0.1) is 11.8 Å². The highest BCUT2D eigenvalue weighted by atomic mass is 16.7. The molecule has 5 heteroatoms. The molecule has 2 aliphatic heterocycles. The van der Waals surface area contributed by atoms with Crippen molar-refractivity contribution in [1.82, 2.24) is 10.2 Å². The van der Waals surface area contributed by atoms with E-state index in [0.29, 0.717) is 6.79 Å². The van der Waals surface area contributed by atoms with E-state index in [9.17, 15) is 0 Å². The molecule has 1 saturated heterocycles. The van der Waals surface area contributed by atoms with Crippen molar-refractivity contribution in [2.45, 2.75) is 32.1 Å². The van der Waals surface area contributed by atoms with Crippen LogP contribution in [0.4, 0.5) is 0 Å². The Morgan fingerprint density at radius 3 is 2.67 bits per heavy atom. The smallest absolute Gasteiger partial charge is 0.231 e. The summed E-state index contributed by atoms with van der Waals surface area (Å²) in [6, 6.07) is 6.19. The Hall–Kier alpha value is -1.91. The molecule has 0 aromatic heterocycles. The maximum Gasteiger partial charge on any atom is 0.231 e. The lowest BCUT2D eigenvalue weighted by Crippen LogP contribution is -2.41. The minimum absolute atomic E-state index is 0.334. The number of hydrogen-bond donors (Lipinski definition) is 1. The van der Waals surface area contributed by atoms with E-state index in [1.165, 1.54) is 44.3 Å². The van der Waals surface area contributed by atoms with Crippen molar-refractivity contribution < 1.29 is 9.47 Å². The fourth-order valence-electron chi connectivity index (χ4n) is 4.33. The second-order valence-corrected chi connectivity index (χ2v) is 7.12. The summed E-state index contributed by atoms with van der Waals surface area (Å²) in [6.45, 7) is 3.57. The molecule has 1 aromatic rings. The molecule has 1 aliphatic carbocycles. The standard InChI is InChI=1S/C19H27N3O2/c1-20-19(22-11-15-4-2-3-5-16(15)12-22)21-9-8-14-6-7-17-18(10-14)24-13-23-17/h6-7,10,15-16H,2-5,8-9,11-13H2,1H3,(H,20,21). The van der Waals surface area contributed by atoms with Gasteiger partial charge >= 0.3 is 0 Å². The van der Waals surface area contributed by atoms with Crippen LogP contribution >= 0.6 is 0 Å². The fourth-order valence-corrected chi connectivity index (χ4v) is 4.33. The van der Waals surface area contributed by atoms with Gasteiger partial charge < -0.3 is 19.7 Å². The number of benzene rings is 1. The predicted octanol–water partition coefficient (Wildman–Crippen LogP) is 2.66. The monoisotopic (exact) mass is 329 g/mol. The molecule has 1 aromatic carbocycles. The third-order valence-corrected chi connectivity index (χ3v) is 5.62. The van der Waals surface area contributed by atoms with E-state index in [2.05, 4.69) is 27.3 Å². The molecule has 1 N–H and O–H groups in total. The number of fused-ring (bicyclic) bond motifs is 2. The number of ether oxygens (including phenoxy) is 2. The molecule has 4 rings (SSSR count). The Labute approximate surface area is 144 Å². The lowest BCUT2D eigenvalue weighted by Gasteiger charge is -2.22. The van der Waals surface area contributed by atoms with Gasteiger partial charge in [0.25, 0.3) is 0 Å². The molecule has 1 saturated carbocycles. The van der Waals surface area contributed by atoms with Crippen LogP contribution in [0.15, 0.2) is 23.2 Å². The molecular weight excluding hydrogens is 302 g/mol. The zero-order valence-electron chi connectivity index (χ0n) is 14.5. The van der Waals surface area contributed by atoms with E-state index >= 15 is 0 Å². The Balaban J connectivity index is 1.30. The fraction of sp³-hybridized carbons (Fsp3) is 0.632. The molecule has 0 spiro atoms. The Kier molecular flexibility index (Phi) is 4.50. The first kappa shape index (κ1) is 15.6. The number of guanidine groups is 1. The minimum atomic E-state index is 0.334. The van der Waals surface area contributed by atoms with Gasteiger partial charge in [0.15, 0.2) is 17.5 Å². The summed E-state index contributed by atoms with van der Waals surface area (Å²) < 4.78 is 10.8. The second-order valence-electron chi connectivity index (χ2n) is 7.12. The molecule has 5 nitrogen and oxygen atoms in total. The number of nitrogens with zero attached hydrogens (tertiary/aromatic N) is 2.